The van der Waals surface area contributed by atoms with Crippen molar-refractivity contribution in [1.82, 2.24) is 5.48 Å². The van der Waals surface area contributed by atoms with Crippen LogP contribution in [0.15, 0.2) is 18.2 Å². The first-order valence-corrected chi connectivity index (χ1v) is 3.91. The molecule has 1 aromatic carbocycles. The van der Waals surface area contributed by atoms with Crippen LogP contribution >= 0.6 is 11.6 Å². The molecule has 0 bridgehead atoms. The van der Waals surface area contributed by atoms with E-state index in [9.17, 15) is 4.79 Å². The van der Waals surface area contributed by atoms with Crippen LogP contribution in [0.3, 0.4) is 0 Å². The number of nitrogens with one attached hydrogen (secondary N) is 1. The maximum atomic E-state index is 11.2. The third-order valence-electron chi connectivity index (χ3n) is 1.45. The summed E-state index contributed by atoms with van der Waals surface area (Å²) in [6.07, 6.45) is 0. The van der Waals surface area contributed by atoms with Gasteiger partial charge in [0.25, 0.3) is 5.91 Å². The Hall–Kier alpha value is -1.26. The van der Waals surface area contributed by atoms with Gasteiger partial charge in [-0.05, 0) is 18.2 Å². The molecule has 0 fully saturated rings. The second-order valence-corrected chi connectivity index (χ2v) is 2.80. The molecule has 0 atom stereocenters. The van der Waals surface area contributed by atoms with Crippen molar-refractivity contribution in [3.63, 3.8) is 0 Å². The monoisotopic (exact) mass is 200 g/mol. The number of amides is 1. The molecule has 13 heavy (non-hydrogen) atoms. The third kappa shape index (κ3) is 2.34. The van der Waals surface area contributed by atoms with Crippen LogP contribution < -0.4 is 11.2 Å². The minimum atomic E-state index is -0.392. The number of hydroxylamine groups is 1. The Kier molecular flexibility index (Phi) is 3.11. The zero-order valence-electron chi connectivity index (χ0n) is 7.00. The van der Waals surface area contributed by atoms with Gasteiger partial charge in [0.05, 0.1) is 12.7 Å². The first-order valence-electron chi connectivity index (χ1n) is 3.53. The molecular formula is C8H9ClN2O2. The molecule has 1 amide bonds. The van der Waals surface area contributed by atoms with Gasteiger partial charge in [-0.15, -0.1) is 0 Å². The molecule has 0 aliphatic rings. The normalized spacial score (nSPS) is 9.69. The zero-order valence-corrected chi connectivity index (χ0v) is 7.76. The van der Waals surface area contributed by atoms with Gasteiger partial charge in [-0.2, -0.15) is 0 Å². The van der Waals surface area contributed by atoms with Crippen molar-refractivity contribution in [2.45, 2.75) is 0 Å². The summed E-state index contributed by atoms with van der Waals surface area (Å²) >= 11 is 5.66. The predicted molar refractivity (Wildman–Crippen MR) is 50.3 cm³/mol. The van der Waals surface area contributed by atoms with Crippen LogP contribution in [-0.4, -0.2) is 13.0 Å². The van der Waals surface area contributed by atoms with Gasteiger partial charge in [-0.25, -0.2) is 5.48 Å². The van der Waals surface area contributed by atoms with Crippen LogP contribution in [0.1, 0.15) is 10.4 Å². The first-order chi connectivity index (χ1) is 6.15. The highest BCUT2D eigenvalue weighted by Crippen LogP contribution is 2.17. The van der Waals surface area contributed by atoms with Crippen molar-refractivity contribution in [1.29, 1.82) is 0 Å². The Morgan fingerprint density at radius 2 is 2.31 bits per heavy atom. The van der Waals surface area contributed by atoms with E-state index in [0.29, 0.717) is 16.3 Å². The average Bonchev–Trinajstić information content (AvgIpc) is 2.04. The van der Waals surface area contributed by atoms with Gasteiger partial charge < -0.3 is 5.73 Å². The summed E-state index contributed by atoms with van der Waals surface area (Å²) in [5.41, 5.74) is 8.37. The van der Waals surface area contributed by atoms with Crippen LogP contribution in [0.5, 0.6) is 0 Å². The Morgan fingerprint density at radius 1 is 1.62 bits per heavy atom. The highest BCUT2D eigenvalue weighted by atomic mass is 35.5. The van der Waals surface area contributed by atoms with Gasteiger partial charge in [0.2, 0.25) is 0 Å². The quantitative estimate of drug-likeness (QED) is 0.557. The van der Waals surface area contributed by atoms with Gasteiger partial charge in [0.15, 0.2) is 0 Å². The van der Waals surface area contributed by atoms with Gasteiger partial charge >= 0.3 is 0 Å². The maximum Gasteiger partial charge on any atom is 0.276 e. The highest BCUT2D eigenvalue weighted by Gasteiger charge is 2.08. The lowest BCUT2D eigenvalue weighted by atomic mass is 10.2. The third-order valence-corrected chi connectivity index (χ3v) is 1.69. The number of halogens is 1. The fourth-order valence-corrected chi connectivity index (χ4v) is 1.07. The first kappa shape index (κ1) is 9.83. The summed E-state index contributed by atoms with van der Waals surface area (Å²) in [5.74, 6) is -0.392. The second-order valence-electron chi connectivity index (χ2n) is 2.37. The summed E-state index contributed by atoms with van der Waals surface area (Å²) in [6, 6.07) is 4.63. The average molecular weight is 201 g/mol. The number of hydrogen-bond donors (Lipinski definition) is 2. The lowest BCUT2D eigenvalue weighted by Gasteiger charge is -2.04. The SMILES string of the molecule is CONC(=O)c1ccc(Cl)cc1N. The van der Waals surface area contributed by atoms with E-state index in [2.05, 4.69) is 10.3 Å². The Labute approximate surface area is 80.6 Å². The molecule has 5 heteroatoms. The molecule has 0 aliphatic carbocycles. The molecule has 0 aromatic heterocycles. The Balaban J connectivity index is 2.95. The van der Waals surface area contributed by atoms with Crippen LogP contribution in [0.4, 0.5) is 5.69 Å². The molecule has 0 unspecified atom stereocenters. The number of anilines is 1. The molecule has 0 saturated heterocycles. The molecule has 0 aliphatic heterocycles. The predicted octanol–water partition coefficient (Wildman–Crippen LogP) is 1.21. The molecule has 0 saturated carbocycles. The smallest absolute Gasteiger partial charge is 0.276 e. The lowest BCUT2D eigenvalue weighted by Crippen LogP contribution is -2.22. The van der Waals surface area contributed by atoms with E-state index in [4.69, 9.17) is 17.3 Å². The molecule has 1 aromatic rings. The van der Waals surface area contributed by atoms with E-state index in [1.807, 2.05) is 0 Å². The van der Waals surface area contributed by atoms with Crippen LogP contribution in [-0.2, 0) is 4.84 Å². The zero-order chi connectivity index (χ0) is 9.84. The second kappa shape index (κ2) is 4.11. The Morgan fingerprint density at radius 3 is 2.85 bits per heavy atom. The number of rotatable bonds is 2. The number of benzene rings is 1. The summed E-state index contributed by atoms with van der Waals surface area (Å²) in [6.45, 7) is 0. The van der Waals surface area contributed by atoms with E-state index >= 15 is 0 Å². The Bertz CT molecular complexity index is 328. The number of carbonyl (C=O) groups excluding carboxylic acids is 1. The van der Waals surface area contributed by atoms with Gasteiger partial charge in [0, 0.05) is 10.7 Å². The van der Waals surface area contributed by atoms with Crippen molar-refractivity contribution < 1.29 is 9.63 Å². The maximum absolute atomic E-state index is 11.2. The van der Waals surface area contributed by atoms with Crippen LogP contribution in [0, 0.1) is 0 Å². The van der Waals surface area contributed by atoms with Crippen LogP contribution in [0.25, 0.3) is 0 Å². The molecule has 4 nitrogen and oxygen atoms in total. The van der Waals surface area contributed by atoms with Crippen molar-refractivity contribution in [2.75, 3.05) is 12.8 Å². The van der Waals surface area contributed by atoms with Crippen LogP contribution in [0.2, 0.25) is 5.02 Å². The van der Waals surface area contributed by atoms with Gasteiger partial charge in [-0.1, -0.05) is 11.6 Å². The topological polar surface area (TPSA) is 64.3 Å². The standard InChI is InChI=1S/C8H9ClN2O2/c1-13-11-8(12)6-3-2-5(9)4-7(6)10/h2-4H,10H2,1H3,(H,11,12). The van der Waals surface area contributed by atoms with Crippen molar-refractivity contribution in [3.8, 4) is 0 Å². The molecule has 70 valence electrons. The number of hydrogen-bond acceptors (Lipinski definition) is 3. The molecular weight excluding hydrogens is 192 g/mol. The van der Waals surface area contributed by atoms with E-state index in [0.717, 1.165) is 0 Å². The van der Waals surface area contributed by atoms with Gasteiger partial charge in [0.1, 0.15) is 0 Å². The van der Waals surface area contributed by atoms with Crippen molar-refractivity contribution >= 4 is 23.2 Å². The summed E-state index contributed by atoms with van der Waals surface area (Å²) in [5, 5.41) is 0.492. The molecule has 0 spiro atoms. The minimum absolute atomic E-state index is 0.321. The molecule has 0 radical (unpaired) electrons. The number of nitrogens with two attached hydrogens (primary N) is 1. The lowest BCUT2D eigenvalue weighted by molar-refractivity contribution is 0.0538. The summed E-state index contributed by atoms with van der Waals surface area (Å²) in [4.78, 5) is 15.7. The van der Waals surface area contributed by atoms with Crippen molar-refractivity contribution in [2.24, 2.45) is 0 Å². The summed E-state index contributed by atoms with van der Waals surface area (Å²) < 4.78 is 0. The van der Waals surface area contributed by atoms with E-state index in [1.165, 1.54) is 19.2 Å². The fourth-order valence-electron chi connectivity index (χ4n) is 0.888. The van der Waals surface area contributed by atoms with E-state index in [1.54, 1.807) is 6.07 Å². The summed E-state index contributed by atoms with van der Waals surface area (Å²) in [7, 11) is 1.35. The van der Waals surface area contributed by atoms with Gasteiger partial charge in [-0.3, -0.25) is 9.63 Å². The molecule has 1 rings (SSSR count). The number of carbonyl (C=O) groups is 1. The minimum Gasteiger partial charge on any atom is -0.398 e. The largest absolute Gasteiger partial charge is 0.398 e. The number of nitrogen functional groups attached to an aromatic ring is 1. The molecule has 0 heterocycles. The fraction of sp³-hybridized carbons (Fsp3) is 0.125. The highest BCUT2D eigenvalue weighted by molar-refractivity contribution is 6.31. The van der Waals surface area contributed by atoms with E-state index < -0.39 is 5.91 Å². The molecule has 3 N–H and O–H groups in total. The van der Waals surface area contributed by atoms with Crippen molar-refractivity contribution in [3.05, 3.63) is 28.8 Å². The van der Waals surface area contributed by atoms with E-state index in [-0.39, 0.29) is 0 Å².